The van der Waals surface area contributed by atoms with E-state index in [1.54, 1.807) is 4.90 Å². The van der Waals surface area contributed by atoms with Crippen molar-refractivity contribution in [2.45, 2.75) is 64.3 Å². The van der Waals surface area contributed by atoms with Crippen LogP contribution in [0.4, 0.5) is 0 Å². The summed E-state index contributed by atoms with van der Waals surface area (Å²) in [4.78, 5) is 31.9. The molecule has 0 fully saturated rings. The summed E-state index contributed by atoms with van der Waals surface area (Å²) in [6.07, 6.45) is 6.18. The van der Waals surface area contributed by atoms with Crippen molar-refractivity contribution in [3.8, 4) is 0 Å². The van der Waals surface area contributed by atoms with Crippen LogP contribution in [-0.2, 0) is 14.4 Å². The first-order chi connectivity index (χ1) is 14.2. The van der Waals surface area contributed by atoms with Crippen LogP contribution in [0.15, 0.2) is 0 Å². The van der Waals surface area contributed by atoms with Crippen LogP contribution in [0.1, 0.15) is 58.3 Å². The Labute approximate surface area is 183 Å². The Bertz CT molecular complexity index is 413. The lowest BCUT2D eigenvalue weighted by Gasteiger charge is -2.17. The van der Waals surface area contributed by atoms with Gasteiger partial charge in [-0.3, -0.25) is 19.3 Å². The third-order valence-electron chi connectivity index (χ3n) is 3.71. The summed E-state index contributed by atoms with van der Waals surface area (Å²) in [5, 5.41) is 41.5. The van der Waals surface area contributed by atoms with Gasteiger partial charge in [0.1, 0.15) is 6.04 Å². The molecule has 180 valence electrons. The summed E-state index contributed by atoms with van der Waals surface area (Å²) < 4.78 is 0. The quantitative estimate of drug-likeness (QED) is 0.142. The Hall–Kier alpha value is -1.30. The number of aliphatic hydroxyl groups is 3. The van der Waals surface area contributed by atoms with Crippen molar-refractivity contribution in [2.75, 3.05) is 39.5 Å². The molecule has 0 radical (unpaired) electrons. The first-order valence-corrected chi connectivity index (χ1v) is 10.5. The maximum Gasteiger partial charge on any atom is 0.320 e. The molecule has 0 aliphatic rings. The van der Waals surface area contributed by atoms with Crippen molar-refractivity contribution < 1.29 is 39.9 Å². The average Bonchev–Trinajstić information content (AvgIpc) is 2.67. The summed E-state index contributed by atoms with van der Waals surface area (Å²) in [6, 6.07) is -1.06. The number of carbonyl (C=O) groups is 3. The highest BCUT2D eigenvalue weighted by Gasteiger charge is 2.12. The molecule has 1 atom stereocenters. The van der Waals surface area contributed by atoms with Crippen molar-refractivity contribution in [2.24, 2.45) is 5.73 Å². The molecule has 0 aromatic rings. The van der Waals surface area contributed by atoms with Crippen LogP contribution in [0, 0.1) is 0 Å². The molecule has 1 unspecified atom stereocenters. The van der Waals surface area contributed by atoms with Crippen LogP contribution in [0.2, 0.25) is 0 Å². The van der Waals surface area contributed by atoms with E-state index in [1.807, 2.05) is 0 Å². The number of rotatable bonds is 16. The molecule has 0 spiro atoms. The normalized spacial score (nSPS) is 11.0. The molecular formula is C19H39ClN2O8. The van der Waals surface area contributed by atoms with E-state index >= 15 is 0 Å². The number of aliphatic hydroxyl groups excluding tert-OH is 3. The maximum absolute atomic E-state index is 10.2. The molecule has 0 aliphatic heterocycles. The van der Waals surface area contributed by atoms with Crippen molar-refractivity contribution in [1.29, 1.82) is 0 Å². The van der Waals surface area contributed by atoms with E-state index in [0.29, 0.717) is 26.1 Å². The number of hydrogen-bond acceptors (Lipinski definition) is 8. The van der Waals surface area contributed by atoms with Gasteiger partial charge in [0.25, 0.3) is 0 Å². The summed E-state index contributed by atoms with van der Waals surface area (Å²) in [6.45, 7) is 3.93. The van der Waals surface area contributed by atoms with Crippen molar-refractivity contribution in [3.05, 3.63) is 0 Å². The number of carboxylic acid groups (broad SMARTS) is 2. The lowest BCUT2D eigenvalue weighted by molar-refractivity contribution is -0.139. The number of halogens is 1. The van der Waals surface area contributed by atoms with E-state index in [0.717, 1.165) is 12.8 Å². The fourth-order valence-corrected chi connectivity index (χ4v) is 2.16. The van der Waals surface area contributed by atoms with Crippen molar-refractivity contribution in [3.63, 3.8) is 0 Å². The van der Waals surface area contributed by atoms with Gasteiger partial charge in [-0.15, -0.1) is 0 Å². The highest BCUT2D eigenvalue weighted by Crippen LogP contribution is 2.05. The van der Waals surface area contributed by atoms with E-state index < -0.39 is 18.0 Å². The lowest BCUT2D eigenvalue weighted by atomic mass is 10.1. The Morgan fingerprint density at radius 3 is 1.67 bits per heavy atom. The monoisotopic (exact) mass is 458 g/mol. The van der Waals surface area contributed by atoms with Gasteiger partial charge in [0.15, 0.2) is 0 Å². The fourth-order valence-electron chi connectivity index (χ4n) is 2.03. The van der Waals surface area contributed by atoms with Gasteiger partial charge in [-0.1, -0.05) is 32.6 Å². The van der Waals surface area contributed by atoms with Gasteiger partial charge in [0.2, 0.25) is 5.24 Å². The minimum atomic E-state index is -1.17. The number of carbonyl (C=O) groups excluding carboxylic acids is 1. The second-order valence-corrected chi connectivity index (χ2v) is 6.83. The molecule has 0 rings (SSSR count). The van der Waals surface area contributed by atoms with E-state index in [9.17, 15) is 14.4 Å². The molecule has 11 heteroatoms. The summed E-state index contributed by atoms with van der Waals surface area (Å²) in [7, 11) is 0. The fraction of sp³-hybridized carbons (Fsp3) is 0.842. The zero-order valence-electron chi connectivity index (χ0n) is 17.8. The smallest absolute Gasteiger partial charge is 0.320 e. The van der Waals surface area contributed by atoms with Gasteiger partial charge in [-0.05, 0) is 24.4 Å². The molecule has 30 heavy (non-hydrogen) atoms. The molecule has 0 saturated carbocycles. The Morgan fingerprint density at radius 2 is 1.33 bits per heavy atom. The van der Waals surface area contributed by atoms with Gasteiger partial charge in [-0.2, -0.15) is 0 Å². The van der Waals surface area contributed by atoms with E-state index in [-0.39, 0.29) is 37.9 Å². The average molecular weight is 459 g/mol. The van der Waals surface area contributed by atoms with Gasteiger partial charge in [-0.25, -0.2) is 0 Å². The zero-order chi connectivity index (χ0) is 23.8. The topological polar surface area (TPSA) is 182 Å². The Balaban J connectivity index is -0.000000364. The number of hydrogen-bond donors (Lipinski definition) is 6. The number of carboxylic acids is 2. The molecular weight excluding hydrogens is 420 g/mol. The highest BCUT2D eigenvalue weighted by molar-refractivity contribution is 6.63. The zero-order valence-corrected chi connectivity index (χ0v) is 18.6. The maximum atomic E-state index is 10.2. The lowest BCUT2D eigenvalue weighted by Crippen LogP contribution is -2.32. The second-order valence-electron chi connectivity index (χ2n) is 6.41. The van der Waals surface area contributed by atoms with Crippen LogP contribution in [-0.4, -0.2) is 93.1 Å². The van der Waals surface area contributed by atoms with Crippen LogP contribution < -0.4 is 5.73 Å². The molecule has 0 bridgehead atoms. The Morgan fingerprint density at radius 1 is 0.867 bits per heavy atom. The standard InChI is InChI=1S/C8H15ClO.C6H15NO3.C5H9NO4/c1-2-3-4-5-6-7-8(9)10;8-4-1-7(2-5-9)3-6-10;6-3(5(9)10)1-2-4(7)8/h2-7H2,1H3;8-10H,1-6H2;3H,1-2,6H2,(H,7,8)(H,9,10). The van der Waals surface area contributed by atoms with Gasteiger partial charge >= 0.3 is 11.9 Å². The van der Waals surface area contributed by atoms with Crippen LogP contribution in [0.25, 0.3) is 0 Å². The molecule has 0 amide bonds. The number of unbranched alkanes of at least 4 members (excludes halogenated alkanes) is 4. The number of aliphatic carboxylic acids is 2. The number of nitrogens with zero attached hydrogens (tertiary/aromatic N) is 1. The first-order valence-electron chi connectivity index (χ1n) is 10.1. The van der Waals surface area contributed by atoms with Crippen LogP contribution in [0.5, 0.6) is 0 Å². The Kier molecular flexibility index (Phi) is 28.6. The van der Waals surface area contributed by atoms with Crippen molar-refractivity contribution in [1.82, 2.24) is 4.90 Å². The predicted molar refractivity (Wildman–Crippen MR) is 114 cm³/mol. The van der Waals surface area contributed by atoms with Gasteiger partial charge < -0.3 is 31.3 Å². The third kappa shape index (κ3) is 31.4. The van der Waals surface area contributed by atoms with Crippen LogP contribution in [0.3, 0.4) is 0 Å². The summed E-state index contributed by atoms with van der Waals surface area (Å²) in [5.74, 6) is -2.20. The summed E-state index contributed by atoms with van der Waals surface area (Å²) >= 11 is 5.15. The molecule has 0 aromatic heterocycles. The van der Waals surface area contributed by atoms with Gasteiger partial charge in [0.05, 0.1) is 19.8 Å². The number of nitrogens with two attached hydrogens (primary N) is 1. The van der Waals surface area contributed by atoms with Gasteiger partial charge in [0, 0.05) is 32.5 Å². The molecule has 0 saturated heterocycles. The van der Waals surface area contributed by atoms with E-state index in [2.05, 4.69) is 6.92 Å². The summed E-state index contributed by atoms with van der Waals surface area (Å²) in [5.41, 5.74) is 5.00. The minimum Gasteiger partial charge on any atom is -0.481 e. The minimum absolute atomic E-state index is 0.0231. The molecule has 10 nitrogen and oxygen atoms in total. The van der Waals surface area contributed by atoms with Crippen LogP contribution >= 0.6 is 11.6 Å². The van der Waals surface area contributed by atoms with E-state index in [4.69, 9.17) is 42.9 Å². The second kappa shape index (κ2) is 25.7. The molecule has 0 aliphatic carbocycles. The molecule has 0 aromatic carbocycles. The molecule has 7 N–H and O–H groups in total. The molecule has 0 heterocycles. The third-order valence-corrected chi connectivity index (χ3v) is 3.90. The van der Waals surface area contributed by atoms with E-state index in [1.165, 1.54) is 19.3 Å². The SMILES string of the molecule is CCCCCCCC(=O)Cl.NC(CCC(=O)O)C(=O)O.OCCN(CCO)CCO. The first kappa shape index (κ1) is 33.3. The largest absolute Gasteiger partial charge is 0.481 e. The highest BCUT2D eigenvalue weighted by atomic mass is 35.5. The van der Waals surface area contributed by atoms with Crippen molar-refractivity contribution >= 4 is 28.8 Å². The predicted octanol–water partition coefficient (Wildman–Crippen LogP) is 0.641.